The summed E-state index contributed by atoms with van der Waals surface area (Å²) in [5, 5.41) is 6.43. The summed E-state index contributed by atoms with van der Waals surface area (Å²) in [5.74, 6) is 1.86. The molecule has 2 N–H and O–H groups in total. The lowest BCUT2D eigenvalue weighted by Gasteiger charge is -2.28. The summed E-state index contributed by atoms with van der Waals surface area (Å²) in [6.45, 7) is 5.31. The average molecular weight is 282 g/mol. The molecule has 0 unspecified atom stereocenters. The van der Waals surface area contributed by atoms with Crippen molar-refractivity contribution in [1.82, 2.24) is 10.6 Å². The first-order valence-corrected chi connectivity index (χ1v) is 8.35. The van der Waals surface area contributed by atoms with Crippen LogP contribution in [0.5, 0.6) is 0 Å². The maximum absolute atomic E-state index is 11.8. The highest BCUT2D eigenvalue weighted by atomic mass is 16.5. The van der Waals surface area contributed by atoms with Crippen molar-refractivity contribution in [1.29, 1.82) is 0 Å². The lowest BCUT2D eigenvalue weighted by molar-refractivity contribution is -0.121. The largest absolute Gasteiger partial charge is 0.381 e. The SMILES string of the molecule is CCC1CCC(CNCC(=O)NC2CCOCC2)CC1. The monoisotopic (exact) mass is 282 g/mol. The van der Waals surface area contributed by atoms with Gasteiger partial charge in [0.25, 0.3) is 0 Å². The molecule has 0 bridgehead atoms. The van der Waals surface area contributed by atoms with E-state index in [1.54, 1.807) is 0 Å². The number of carbonyl (C=O) groups is 1. The number of rotatable bonds is 6. The van der Waals surface area contributed by atoms with Gasteiger partial charge in [-0.15, -0.1) is 0 Å². The van der Waals surface area contributed by atoms with Crippen LogP contribution in [-0.2, 0) is 9.53 Å². The minimum absolute atomic E-state index is 0.138. The van der Waals surface area contributed by atoms with Gasteiger partial charge in [-0.1, -0.05) is 26.2 Å². The fourth-order valence-corrected chi connectivity index (χ4v) is 3.35. The molecule has 4 heteroatoms. The number of hydrogen-bond donors (Lipinski definition) is 2. The molecule has 1 saturated heterocycles. The van der Waals surface area contributed by atoms with Crippen LogP contribution in [-0.4, -0.2) is 38.3 Å². The first kappa shape index (κ1) is 15.8. The summed E-state index contributed by atoms with van der Waals surface area (Å²) in [4.78, 5) is 11.8. The van der Waals surface area contributed by atoms with Crippen LogP contribution in [0.4, 0.5) is 0 Å². The zero-order valence-corrected chi connectivity index (χ0v) is 12.8. The fourth-order valence-electron chi connectivity index (χ4n) is 3.35. The first-order chi connectivity index (χ1) is 9.78. The number of hydrogen-bond acceptors (Lipinski definition) is 3. The van der Waals surface area contributed by atoms with E-state index in [9.17, 15) is 4.79 Å². The van der Waals surface area contributed by atoms with E-state index in [4.69, 9.17) is 4.74 Å². The Labute approximate surface area is 123 Å². The van der Waals surface area contributed by atoms with Gasteiger partial charge in [0.1, 0.15) is 0 Å². The van der Waals surface area contributed by atoms with Gasteiger partial charge in [0.05, 0.1) is 6.54 Å². The van der Waals surface area contributed by atoms with Gasteiger partial charge in [-0.05, 0) is 44.1 Å². The Morgan fingerprint density at radius 1 is 1.05 bits per heavy atom. The van der Waals surface area contributed by atoms with Gasteiger partial charge in [-0.2, -0.15) is 0 Å². The normalized spacial score (nSPS) is 28.2. The fraction of sp³-hybridized carbons (Fsp3) is 0.938. The predicted molar refractivity (Wildman–Crippen MR) is 80.6 cm³/mol. The Kier molecular flexibility index (Phi) is 6.80. The summed E-state index contributed by atoms with van der Waals surface area (Å²) in [6.07, 6.45) is 8.63. The number of ether oxygens (including phenoxy) is 1. The number of nitrogens with one attached hydrogen (secondary N) is 2. The van der Waals surface area contributed by atoms with E-state index < -0.39 is 0 Å². The molecular formula is C16H30N2O2. The number of amides is 1. The molecule has 0 aromatic rings. The molecule has 1 amide bonds. The van der Waals surface area contributed by atoms with E-state index in [0.29, 0.717) is 12.6 Å². The van der Waals surface area contributed by atoms with Gasteiger partial charge in [-0.3, -0.25) is 4.79 Å². The van der Waals surface area contributed by atoms with Gasteiger partial charge in [-0.25, -0.2) is 0 Å². The van der Waals surface area contributed by atoms with Gasteiger partial charge in [0.15, 0.2) is 0 Å². The van der Waals surface area contributed by atoms with Crippen LogP contribution >= 0.6 is 0 Å². The standard InChI is InChI=1S/C16H30N2O2/c1-2-13-3-5-14(6-4-13)11-17-12-16(19)18-15-7-9-20-10-8-15/h13-15,17H,2-12H2,1H3,(H,18,19). The molecule has 2 aliphatic rings. The third kappa shape index (κ3) is 5.41. The Balaban J connectivity index is 1.53. The minimum atomic E-state index is 0.138. The molecule has 1 aliphatic heterocycles. The van der Waals surface area contributed by atoms with Crippen LogP contribution in [0.2, 0.25) is 0 Å². The molecule has 20 heavy (non-hydrogen) atoms. The molecule has 2 rings (SSSR count). The summed E-state index contributed by atoms with van der Waals surface area (Å²) in [7, 11) is 0. The van der Waals surface area contributed by atoms with E-state index in [2.05, 4.69) is 17.6 Å². The van der Waals surface area contributed by atoms with Crippen molar-refractivity contribution in [3.63, 3.8) is 0 Å². The third-order valence-electron chi connectivity index (χ3n) is 4.85. The second-order valence-electron chi connectivity index (χ2n) is 6.38. The molecule has 0 radical (unpaired) electrons. The van der Waals surface area contributed by atoms with E-state index in [0.717, 1.165) is 44.4 Å². The van der Waals surface area contributed by atoms with Crippen LogP contribution in [0.15, 0.2) is 0 Å². The van der Waals surface area contributed by atoms with Gasteiger partial charge in [0, 0.05) is 19.3 Å². The van der Waals surface area contributed by atoms with Crippen LogP contribution in [0.25, 0.3) is 0 Å². The molecule has 2 fully saturated rings. The van der Waals surface area contributed by atoms with Crippen molar-refractivity contribution < 1.29 is 9.53 Å². The Bertz CT molecular complexity index is 282. The van der Waals surface area contributed by atoms with Crippen LogP contribution < -0.4 is 10.6 Å². The molecule has 0 spiro atoms. The van der Waals surface area contributed by atoms with Crippen molar-refractivity contribution >= 4 is 5.91 Å². The highest BCUT2D eigenvalue weighted by Crippen LogP contribution is 2.29. The summed E-state index contributed by atoms with van der Waals surface area (Å²) >= 11 is 0. The van der Waals surface area contributed by atoms with Crippen LogP contribution in [0.1, 0.15) is 51.9 Å². The van der Waals surface area contributed by atoms with Crippen molar-refractivity contribution in [2.24, 2.45) is 11.8 Å². The quantitative estimate of drug-likeness (QED) is 0.784. The Morgan fingerprint density at radius 3 is 2.35 bits per heavy atom. The predicted octanol–water partition coefficient (Wildman–Crippen LogP) is 2.09. The van der Waals surface area contributed by atoms with Crippen LogP contribution in [0.3, 0.4) is 0 Å². The van der Waals surface area contributed by atoms with E-state index in [-0.39, 0.29) is 5.91 Å². The van der Waals surface area contributed by atoms with Crippen molar-refractivity contribution in [2.75, 3.05) is 26.3 Å². The second kappa shape index (κ2) is 8.63. The molecule has 0 aromatic carbocycles. The highest BCUT2D eigenvalue weighted by Gasteiger charge is 2.20. The van der Waals surface area contributed by atoms with E-state index >= 15 is 0 Å². The summed E-state index contributed by atoms with van der Waals surface area (Å²) in [5.41, 5.74) is 0. The Hall–Kier alpha value is -0.610. The van der Waals surface area contributed by atoms with Gasteiger partial charge >= 0.3 is 0 Å². The second-order valence-corrected chi connectivity index (χ2v) is 6.38. The van der Waals surface area contributed by atoms with E-state index in [1.807, 2.05) is 0 Å². The molecule has 0 aromatic heterocycles. The molecule has 1 aliphatic carbocycles. The van der Waals surface area contributed by atoms with Crippen molar-refractivity contribution in [3.05, 3.63) is 0 Å². The summed E-state index contributed by atoms with van der Waals surface area (Å²) in [6, 6.07) is 0.318. The molecular weight excluding hydrogens is 252 g/mol. The molecule has 1 saturated carbocycles. The number of carbonyl (C=O) groups excluding carboxylic acids is 1. The maximum atomic E-state index is 11.8. The maximum Gasteiger partial charge on any atom is 0.234 e. The van der Waals surface area contributed by atoms with E-state index in [1.165, 1.54) is 32.1 Å². The van der Waals surface area contributed by atoms with Gasteiger partial charge in [0.2, 0.25) is 5.91 Å². The van der Waals surface area contributed by atoms with Crippen LogP contribution in [0, 0.1) is 11.8 Å². The Morgan fingerprint density at radius 2 is 1.70 bits per heavy atom. The summed E-state index contributed by atoms with van der Waals surface area (Å²) < 4.78 is 5.29. The lowest BCUT2D eigenvalue weighted by Crippen LogP contribution is -2.43. The molecule has 1 heterocycles. The highest BCUT2D eigenvalue weighted by molar-refractivity contribution is 5.78. The first-order valence-electron chi connectivity index (χ1n) is 8.35. The van der Waals surface area contributed by atoms with Crippen molar-refractivity contribution in [2.45, 2.75) is 57.9 Å². The van der Waals surface area contributed by atoms with Crippen molar-refractivity contribution in [3.8, 4) is 0 Å². The topological polar surface area (TPSA) is 50.4 Å². The van der Waals surface area contributed by atoms with Gasteiger partial charge < -0.3 is 15.4 Å². The minimum Gasteiger partial charge on any atom is -0.381 e. The average Bonchev–Trinajstić information content (AvgIpc) is 2.49. The molecule has 4 nitrogen and oxygen atoms in total. The lowest BCUT2D eigenvalue weighted by atomic mass is 9.81. The third-order valence-corrected chi connectivity index (χ3v) is 4.85. The molecule has 0 atom stereocenters. The smallest absolute Gasteiger partial charge is 0.234 e. The zero-order chi connectivity index (χ0) is 14.2. The molecule has 116 valence electrons. The zero-order valence-electron chi connectivity index (χ0n) is 12.8.